The van der Waals surface area contributed by atoms with Crippen molar-refractivity contribution >= 4 is 18.0 Å². The first-order valence-corrected chi connectivity index (χ1v) is 6.49. The minimum atomic E-state index is -1.15. The second kappa shape index (κ2) is 7.43. The fourth-order valence-corrected chi connectivity index (χ4v) is 1.81. The molecule has 0 atom stereocenters. The van der Waals surface area contributed by atoms with E-state index in [1.807, 2.05) is 13.8 Å². The Bertz CT molecular complexity index is 526. The first kappa shape index (κ1) is 15.9. The van der Waals surface area contributed by atoms with Crippen molar-refractivity contribution in [1.82, 2.24) is 4.90 Å². The summed E-state index contributed by atoms with van der Waals surface area (Å²) in [5, 5.41) is 8.50. The zero-order chi connectivity index (χ0) is 15.1. The summed E-state index contributed by atoms with van der Waals surface area (Å²) in [6, 6.07) is 4.05. The molecule has 0 bridgehead atoms. The number of rotatable bonds is 6. The van der Waals surface area contributed by atoms with E-state index >= 15 is 0 Å². The van der Waals surface area contributed by atoms with Gasteiger partial charge in [-0.3, -0.25) is 4.79 Å². The number of hydrogen-bond acceptors (Lipinski definition) is 2. The molecule has 0 fully saturated rings. The molecule has 0 aromatic heterocycles. The molecule has 20 heavy (non-hydrogen) atoms. The molecule has 0 radical (unpaired) electrons. The van der Waals surface area contributed by atoms with Crippen molar-refractivity contribution in [3.63, 3.8) is 0 Å². The minimum Gasteiger partial charge on any atom is -0.478 e. The Hall–Kier alpha value is -2.17. The molecular weight excluding hydrogens is 261 g/mol. The SMILES string of the molecule is CCCN(CC)C(=O)c1ccc(C=CC(=O)O)c(F)c1. The zero-order valence-corrected chi connectivity index (χ0v) is 11.6. The largest absolute Gasteiger partial charge is 0.478 e. The number of carboxylic acid groups (broad SMARTS) is 1. The van der Waals surface area contributed by atoms with Crippen molar-refractivity contribution in [1.29, 1.82) is 0 Å². The second-order valence-electron chi connectivity index (χ2n) is 4.29. The summed E-state index contributed by atoms with van der Waals surface area (Å²) < 4.78 is 13.8. The van der Waals surface area contributed by atoms with Gasteiger partial charge >= 0.3 is 5.97 Å². The number of carbonyl (C=O) groups is 2. The molecule has 0 heterocycles. The van der Waals surface area contributed by atoms with Crippen LogP contribution in [0.5, 0.6) is 0 Å². The average Bonchev–Trinajstić information content (AvgIpc) is 2.42. The molecule has 0 spiro atoms. The number of nitrogens with zero attached hydrogens (tertiary/aromatic N) is 1. The second-order valence-corrected chi connectivity index (χ2v) is 4.29. The van der Waals surface area contributed by atoms with E-state index in [-0.39, 0.29) is 17.0 Å². The van der Waals surface area contributed by atoms with Crippen molar-refractivity contribution in [2.24, 2.45) is 0 Å². The molecule has 1 aromatic carbocycles. The van der Waals surface area contributed by atoms with Crippen molar-refractivity contribution in [2.45, 2.75) is 20.3 Å². The van der Waals surface area contributed by atoms with Crippen LogP contribution in [0.15, 0.2) is 24.3 Å². The third kappa shape index (κ3) is 4.19. The van der Waals surface area contributed by atoms with Gasteiger partial charge in [-0.2, -0.15) is 0 Å². The molecule has 5 heteroatoms. The number of carboxylic acids is 1. The predicted molar refractivity (Wildman–Crippen MR) is 74.9 cm³/mol. The zero-order valence-electron chi connectivity index (χ0n) is 11.6. The van der Waals surface area contributed by atoms with Crippen LogP contribution in [0, 0.1) is 5.82 Å². The molecule has 1 rings (SSSR count). The van der Waals surface area contributed by atoms with Gasteiger partial charge in [-0.1, -0.05) is 13.0 Å². The Labute approximate surface area is 117 Å². The van der Waals surface area contributed by atoms with Gasteiger partial charge in [0, 0.05) is 30.3 Å². The van der Waals surface area contributed by atoms with Crippen LogP contribution >= 0.6 is 0 Å². The van der Waals surface area contributed by atoms with Gasteiger partial charge in [-0.25, -0.2) is 9.18 Å². The topological polar surface area (TPSA) is 57.6 Å². The van der Waals surface area contributed by atoms with Crippen LogP contribution in [0.1, 0.15) is 36.2 Å². The Morgan fingerprint density at radius 1 is 1.35 bits per heavy atom. The smallest absolute Gasteiger partial charge is 0.328 e. The maximum absolute atomic E-state index is 13.8. The lowest BCUT2D eigenvalue weighted by Gasteiger charge is -2.20. The van der Waals surface area contributed by atoms with Gasteiger partial charge < -0.3 is 10.0 Å². The summed E-state index contributed by atoms with van der Waals surface area (Å²) >= 11 is 0. The van der Waals surface area contributed by atoms with Crippen molar-refractivity contribution in [3.8, 4) is 0 Å². The van der Waals surface area contributed by atoms with E-state index in [2.05, 4.69) is 0 Å². The highest BCUT2D eigenvalue weighted by atomic mass is 19.1. The van der Waals surface area contributed by atoms with Crippen LogP contribution in [-0.4, -0.2) is 35.0 Å². The predicted octanol–water partition coefficient (Wildman–Crippen LogP) is 2.80. The number of halogens is 1. The Morgan fingerprint density at radius 3 is 2.55 bits per heavy atom. The molecule has 0 aliphatic heterocycles. The molecule has 1 amide bonds. The highest BCUT2D eigenvalue weighted by Crippen LogP contribution is 2.14. The van der Waals surface area contributed by atoms with Crippen molar-refractivity contribution < 1.29 is 19.1 Å². The van der Waals surface area contributed by atoms with Gasteiger partial charge in [0.05, 0.1) is 0 Å². The van der Waals surface area contributed by atoms with Gasteiger partial charge in [-0.05, 0) is 31.6 Å². The van der Waals surface area contributed by atoms with Gasteiger partial charge in [0.2, 0.25) is 0 Å². The summed E-state index contributed by atoms with van der Waals surface area (Å²) in [4.78, 5) is 24.2. The normalized spacial score (nSPS) is 10.8. The molecule has 1 aromatic rings. The number of amides is 1. The lowest BCUT2D eigenvalue weighted by molar-refractivity contribution is -0.131. The molecule has 0 aliphatic carbocycles. The van der Waals surface area contributed by atoms with E-state index in [0.29, 0.717) is 13.1 Å². The molecule has 0 unspecified atom stereocenters. The van der Waals surface area contributed by atoms with E-state index in [1.165, 1.54) is 12.1 Å². The van der Waals surface area contributed by atoms with Crippen LogP contribution in [0.3, 0.4) is 0 Å². The lowest BCUT2D eigenvalue weighted by atomic mass is 10.1. The highest BCUT2D eigenvalue weighted by molar-refractivity contribution is 5.94. The van der Waals surface area contributed by atoms with E-state index in [9.17, 15) is 14.0 Å². The summed E-state index contributed by atoms with van der Waals surface area (Å²) in [6.45, 7) is 5.02. The van der Waals surface area contributed by atoms with Crippen LogP contribution in [-0.2, 0) is 4.79 Å². The summed E-state index contributed by atoms with van der Waals surface area (Å²) in [5.74, 6) is -1.98. The monoisotopic (exact) mass is 279 g/mol. The number of benzene rings is 1. The highest BCUT2D eigenvalue weighted by Gasteiger charge is 2.14. The average molecular weight is 279 g/mol. The molecule has 4 nitrogen and oxygen atoms in total. The van der Waals surface area contributed by atoms with Gasteiger partial charge in [0.15, 0.2) is 0 Å². The van der Waals surface area contributed by atoms with E-state index in [0.717, 1.165) is 24.6 Å². The third-order valence-electron chi connectivity index (χ3n) is 2.82. The van der Waals surface area contributed by atoms with Gasteiger partial charge in [0.25, 0.3) is 5.91 Å². The molecule has 1 N–H and O–H groups in total. The van der Waals surface area contributed by atoms with Crippen LogP contribution in [0.25, 0.3) is 6.08 Å². The first-order chi connectivity index (χ1) is 9.49. The van der Waals surface area contributed by atoms with E-state index in [1.54, 1.807) is 4.90 Å². The Kier molecular flexibility index (Phi) is 5.90. The van der Waals surface area contributed by atoms with E-state index < -0.39 is 11.8 Å². The maximum Gasteiger partial charge on any atom is 0.328 e. The summed E-state index contributed by atoms with van der Waals surface area (Å²) in [7, 11) is 0. The fraction of sp³-hybridized carbons (Fsp3) is 0.333. The van der Waals surface area contributed by atoms with Crippen LogP contribution in [0.4, 0.5) is 4.39 Å². The molecule has 108 valence electrons. The quantitative estimate of drug-likeness (QED) is 0.815. The molecule has 0 saturated carbocycles. The maximum atomic E-state index is 13.8. The molecular formula is C15H18FNO3. The van der Waals surface area contributed by atoms with Crippen molar-refractivity contribution in [3.05, 3.63) is 41.2 Å². The number of hydrogen-bond donors (Lipinski definition) is 1. The van der Waals surface area contributed by atoms with Gasteiger partial charge in [0.1, 0.15) is 5.82 Å². The van der Waals surface area contributed by atoms with Crippen LogP contribution < -0.4 is 0 Å². The third-order valence-corrected chi connectivity index (χ3v) is 2.82. The lowest BCUT2D eigenvalue weighted by Crippen LogP contribution is -2.31. The van der Waals surface area contributed by atoms with Gasteiger partial charge in [-0.15, -0.1) is 0 Å². The molecule has 0 saturated heterocycles. The standard InChI is InChI=1S/C15H18FNO3/c1-3-9-17(4-2)15(20)12-6-5-11(13(16)10-12)7-8-14(18)19/h5-8,10H,3-4,9H2,1-2H3,(H,18,19). The first-order valence-electron chi connectivity index (χ1n) is 6.49. The minimum absolute atomic E-state index is 0.141. The Morgan fingerprint density at radius 2 is 2.05 bits per heavy atom. The Balaban J connectivity index is 2.96. The molecule has 0 aliphatic rings. The van der Waals surface area contributed by atoms with Crippen LogP contribution in [0.2, 0.25) is 0 Å². The number of carbonyl (C=O) groups excluding carboxylic acids is 1. The van der Waals surface area contributed by atoms with Crippen molar-refractivity contribution in [2.75, 3.05) is 13.1 Å². The summed E-state index contributed by atoms with van der Waals surface area (Å²) in [5.41, 5.74) is 0.410. The van der Waals surface area contributed by atoms with E-state index in [4.69, 9.17) is 5.11 Å². The fourth-order valence-electron chi connectivity index (χ4n) is 1.81. The summed E-state index contributed by atoms with van der Waals surface area (Å²) in [6.07, 6.45) is 2.85. The number of aliphatic carboxylic acids is 1.